The summed E-state index contributed by atoms with van der Waals surface area (Å²) in [5, 5.41) is 16.3. The van der Waals surface area contributed by atoms with Crippen molar-refractivity contribution in [3.8, 4) is 17.2 Å². The standard InChI is InChI=1S/C39H25N3S/c40-24-25-15-17-30-31-18-16-26(27-19-20-42-36(23-27)41-37-32-13-7-8-14-35(32)43-38(37)42)22-34(31)39(33(30)21-25,28-9-3-1-4-10-28)29-11-5-2-6-12-29/h1-23,36,41H. The lowest BCUT2D eigenvalue weighted by atomic mass is 9.67. The molecule has 3 heterocycles. The van der Waals surface area contributed by atoms with Gasteiger partial charge in [-0.1, -0.05) is 97.1 Å². The zero-order chi connectivity index (χ0) is 28.5. The van der Waals surface area contributed by atoms with E-state index in [2.05, 4.69) is 150 Å². The van der Waals surface area contributed by atoms with Crippen molar-refractivity contribution < 1.29 is 0 Å². The Morgan fingerprint density at radius 3 is 2.16 bits per heavy atom. The van der Waals surface area contributed by atoms with Crippen LogP contribution in [0.4, 0.5) is 10.7 Å². The molecule has 0 radical (unpaired) electrons. The molecule has 0 amide bonds. The predicted molar refractivity (Wildman–Crippen MR) is 177 cm³/mol. The Morgan fingerprint density at radius 2 is 1.42 bits per heavy atom. The van der Waals surface area contributed by atoms with Gasteiger partial charge in [-0.25, -0.2) is 0 Å². The lowest BCUT2D eigenvalue weighted by molar-refractivity contribution is 0.767. The van der Waals surface area contributed by atoms with Crippen molar-refractivity contribution in [3.05, 3.63) is 173 Å². The summed E-state index contributed by atoms with van der Waals surface area (Å²) >= 11 is 1.84. The van der Waals surface area contributed by atoms with Gasteiger partial charge in [0.2, 0.25) is 0 Å². The van der Waals surface area contributed by atoms with Gasteiger partial charge in [0.05, 0.1) is 22.7 Å². The number of thiophene rings is 1. The molecule has 1 N–H and O–H groups in total. The van der Waals surface area contributed by atoms with Gasteiger partial charge in [0.25, 0.3) is 0 Å². The van der Waals surface area contributed by atoms with E-state index in [1.54, 1.807) is 0 Å². The maximum Gasteiger partial charge on any atom is 0.124 e. The first-order valence-electron chi connectivity index (χ1n) is 14.5. The zero-order valence-corrected chi connectivity index (χ0v) is 24.0. The van der Waals surface area contributed by atoms with Crippen LogP contribution in [0, 0.1) is 11.3 Å². The van der Waals surface area contributed by atoms with Crippen LogP contribution in [0.2, 0.25) is 0 Å². The third-order valence-electron chi connectivity index (χ3n) is 9.17. The first kappa shape index (κ1) is 24.2. The highest BCUT2D eigenvalue weighted by atomic mass is 32.1. The number of allylic oxidation sites excluding steroid dienone is 2. The monoisotopic (exact) mass is 567 g/mol. The van der Waals surface area contributed by atoms with Gasteiger partial charge >= 0.3 is 0 Å². The Kier molecular flexibility index (Phi) is 5.11. The van der Waals surface area contributed by atoms with Crippen molar-refractivity contribution in [2.24, 2.45) is 0 Å². The summed E-state index contributed by atoms with van der Waals surface area (Å²) in [5.74, 6) is 0. The van der Waals surface area contributed by atoms with Crippen LogP contribution in [0.25, 0.3) is 26.8 Å². The van der Waals surface area contributed by atoms with Crippen molar-refractivity contribution in [1.29, 1.82) is 5.26 Å². The van der Waals surface area contributed by atoms with Crippen LogP contribution in [0.5, 0.6) is 0 Å². The maximum atomic E-state index is 9.92. The molecule has 4 heteroatoms. The molecule has 0 spiro atoms. The minimum absolute atomic E-state index is 0.0718. The molecule has 6 aromatic rings. The number of benzene rings is 5. The number of anilines is 2. The first-order valence-corrected chi connectivity index (χ1v) is 15.3. The van der Waals surface area contributed by atoms with Gasteiger partial charge in [-0.3, -0.25) is 0 Å². The summed E-state index contributed by atoms with van der Waals surface area (Å²) in [6.45, 7) is 0. The first-order chi connectivity index (χ1) is 21.3. The highest BCUT2D eigenvalue weighted by Gasteiger charge is 2.46. The molecule has 3 aliphatic rings. The minimum Gasteiger partial charge on any atom is -0.359 e. The molecule has 5 aromatic carbocycles. The fourth-order valence-corrected chi connectivity index (χ4v) is 8.48. The van der Waals surface area contributed by atoms with Crippen LogP contribution in [-0.4, -0.2) is 6.17 Å². The summed E-state index contributed by atoms with van der Waals surface area (Å²) in [4.78, 5) is 2.34. The average molecular weight is 568 g/mol. The third kappa shape index (κ3) is 3.34. The van der Waals surface area contributed by atoms with Crippen molar-refractivity contribution in [2.45, 2.75) is 11.6 Å². The summed E-state index contributed by atoms with van der Waals surface area (Å²) in [6, 6.07) is 45.6. The molecular weight excluding hydrogens is 543 g/mol. The smallest absolute Gasteiger partial charge is 0.124 e. The topological polar surface area (TPSA) is 39.1 Å². The second-order valence-electron chi connectivity index (χ2n) is 11.3. The van der Waals surface area contributed by atoms with E-state index in [0.717, 1.165) is 5.56 Å². The van der Waals surface area contributed by atoms with Gasteiger partial charge in [-0.2, -0.15) is 5.26 Å². The Balaban J connectivity index is 1.23. The number of hydrogen-bond donors (Lipinski definition) is 1. The predicted octanol–water partition coefficient (Wildman–Crippen LogP) is 9.30. The SMILES string of the molecule is N#Cc1ccc2c(c1)C(c1ccccc1)(c1ccccc1)c1cc(C3=CC4Nc5c(sc6ccccc56)N4C=C3)ccc1-2. The number of nitriles is 1. The van der Waals surface area contributed by atoms with Crippen LogP contribution < -0.4 is 10.2 Å². The number of rotatable bonds is 3. The summed E-state index contributed by atoms with van der Waals surface area (Å²) < 4.78 is 1.30. The molecular formula is C39H25N3S. The Labute approximate surface area is 254 Å². The lowest BCUT2D eigenvalue weighted by Crippen LogP contribution is -2.31. The summed E-state index contributed by atoms with van der Waals surface area (Å²) in [5.41, 5.74) is 10.9. The van der Waals surface area contributed by atoms with Crippen LogP contribution in [0.15, 0.2) is 140 Å². The summed E-state index contributed by atoms with van der Waals surface area (Å²) in [6.07, 6.45) is 6.87. The summed E-state index contributed by atoms with van der Waals surface area (Å²) in [7, 11) is 0. The fraction of sp³-hybridized carbons (Fsp3) is 0.0513. The van der Waals surface area contributed by atoms with Gasteiger partial charge in [0.15, 0.2) is 0 Å². The van der Waals surface area contributed by atoms with Crippen LogP contribution in [-0.2, 0) is 5.41 Å². The number of fused-ring (bicyclic) bond motifs is 8. The van der Waals surface area contributed by atoms with E-state index in [4.69, 9.17) is 0 Å². The van der Waals surface area contributed by atoms with E-state index >= 15 is 0 Å². The zero-order valence-electron chi connectivity index (χ0n) is 23.2. The molecule has 0 saturated carbocycles. The van der Waals surface area contributed by atoms with E-state index in [0.29, 0.717) is 5.56 Å². The highest BCUT2D eigenvalue weighted by Crippen LogP contribution is 2.57. The second-order valence-corrected chi connectivity index (χ2v) is 12.4. The maximum absolute atomic E-state index is 9.92. The van der Waals surface area contributed by atoms with Crippen LogP contribution in [0.1, 0.15) is 33.4 Å². The van der Waals surface area contributed by atoms with E-state index in [9.17, 15) is 5.26 Å². The third-order valence-corrected chi connectivity index (χ3v) is 10.4. The van der Waals surface area contributed by atoms with Gasteiger partial charge in [0, 0.05) is 16.3 Å². The van der Waals surface area contributed by atoms with Gasteiger partial charge in [-0.15, -0.1) is 11.3 Å². The molecule has 0 saturated heterocycles. The minimum atomic E-state index is -0.546. The molecule has 1 aromatic heterocycles. The Bertz CT molecular complexity index is 2140. The van der Waals surface area contributed by atoms with Crippen LogP contribution in [0.3, 0.4) is 0 Å². The van der Waals surface area contributed by atoms with Crippen molar-refractivity contribution in [2.75, 3.05) is 10.2 Å². The average Bonchev–Trinajstić information content (AvgIpc) is 3.71. The Morgan fingerprint density at radius 1 is 0.744 bits per heavy atom. The van der Waals surface area contributed by atoms with E-state index in [1.807, 2.05) is 17.4 Å². The van der Waals surface area contributed by atoms with E-state index in [-0.39, 0.29) is 6.17 Å². The number of nitrogens with zero attached hydrogens (tertiary/aromatic N) is 2. The van der Waals surface area contributed by atoms with E-state index in [1.165, 1.54) is 59.7 Å². The molecule has 0 bridgehead atoms. The number of nitrogens with one attached hydrogen (secondary N) is 1. The fourth-order valence-electron chi connectivity index (χ4n) is 7.30. The van der Waals surface area contributed by atoms with Gasteiger partial charge < -0.3 is 10.2 Å². The lowest BCUT2D eigenvalue weighted by Gasteiger charge is -2.34. The van der Waals surface area contributed by atoms with Crippen molar-refractivity contribution in [3.63, 3.8) is 0 Å². The quantitative estimate of drug-likeness (QED) is 0.231. The van der Waals surface area contributed by atoms with Crippen molar-refractivity contribution >= 4 is 37.7 Å². The molecule has 1 unspecified atom stereocenters. The van der Waals surface area contributed by atoms with Crippen molar-refractivity contribution in [1.82, 2.24) is 0 Å². The normalized spacial score (nSPS) is 17.0. The van der Waals surface area contributed by atoms with Gasteiger partial charge in [-0.05, 0) is 80.9 Å². The van der Waals surface area contributed by atoms with E-state index < -0.39 is 5.41 Å². The largest absolute Gasteiger partial charge is 0.359 e. The molecule has 2 aliphatic heterocycles. The number of hydrogen-bond acceptors (Lipinski definition) is 4. The highest BCUT2D eigenvalue weighted by molar-refractivity contribution is 7.23. The van der Waals surface area contributed by atoms with Crippen LogP contribution >= 0.6 is 11.3 Å². The molecule has 202 valence electrons. The molecule has 3 nitrogen and oxygen atoms in total. The molecule has 1 atom stereocenters. The molecule has 0 fully saturated rings. The molecule has 9 rings (SSSR count). The molecule has 43 heavy (non-hydrogen) atoms. The molecule has 1 aliphatic carbocycles. The van der Waals surface area contributed by atoms with Gasteiger partial charge in [0.1, 0.15) is 11.2 Å². The second kappa shape index (κ2) is 9.06. The Hall–Kier alpha value is -5.37.